The normalized spacial score (nSPS) is 9.81. The van der Waals surface area contributed by atoms with Gasteiger partial charge in [-0.1, -0.05) is 46.3 Å². The molecular formula is C12H16BrNO2. The molecule has 0 saturated heterocycles. The number of halogens is 1. The number of alkyl halides is 1. The van der Waals surface area contributed by atoms with E-state index < -0.39 is 0 Å². The van der Waals surface area contributed by atoms with Crippen LogP contribution in [0.3, 0.4) is 0 Å². The molecule has 0 fully saturated rings. The highest BCUT2D eigenvalue weighted by molar-refractivity contribution is 9.09. The lowest BCUT2D eigenvalue weighted by Gasteiger charge is -2.06. The Morgan fingerprint density at radius 3 is 2.69 bits per heavy atom. The molecule has 0 aliphatic carbocycles. The van der Waals surface area contributed by atoms with Gasteiger partial charge in [0.05, 0.1) is 0 Å². The number of rotatable bonds is 6. The smallest absolute Gasteiger partial charge is 0.407 e. The first-order valence-corrected chi connectivity index (χ1v) is 6.45. The van der Waals surface area contributed by atoms with Crippen molar-refractivity contribution in [2.75, 3.05) is 11.9 Å². The minimum absolute atomic E-state index is 0.325. The minimum Gasteiger partial charge on any atom is -0.445 e. The monoisotopic (exact) mass is 285 g/mol. The van der Waals surface area contributed by atoms with Crippen LogP contribution in [0.4, 0.5) is 4.79 Å². The maximum atomic E-state index is 11.2. The maximum absolute atomic E-state index is 11.2. The van der Waals surface area contributed by atoms with Crippen LogP contribution >= 0.6 is 15.9 Å². The van der Waals surface area contributed by atoms with Crippen molar-refractivity contribution >= 4 is 22.0 Å². The van der Waals surface area contributed by atoms with Crippen LogP contribution in [0.2, 0.25) is 0 Å². The summed E-state index contributed by atoms with van der Waals surface area (Å²) in [5, 5.41) is 3.67. The fraction of sp³-hybridized carbons (Fsp3) is 0.417. The highest BCUT2D eigenvalue weighted by atomic mass is 79.9. The zero-order valence-electron chi connectivity index (χ0n) is 9.12. The van der Waals surface area contributed by atoms with Crippen LogP contribution in [0.15, 0.2) is 30.3 Å². The van der Waals surface area contributed by atoms with E-state index in [4.69, 9.17) is 4.74 Å². The van der Waals surface area contributed by atoms with Gasteiger partial charge in [0.15, 0.2) is 0 Å². The number of amides is 1. The average Bonchev–Trinajstić information content (AvgIpc) is 2.33. The van der Waals surface area contributed by atoms with Gasteiger partial charge in [0.1, 0.15) is 6.61 Å². The summed E-state index contributed by atoms with van der Waals surface area (Å²) in [6.45, 7) is 0.990. The largest absolute Gasteiger partial charge is 0.445 e. The zero-order chi connectivity index (χ0) is 11.6. The summed E-state index contributed by atoms with van der Waals surface area (Å²) < 4.78 is 5.05. The van der Waals surface area contributed by atoms with Crippen LogP contribution in [0.25, 0.3) is 0 Å². The number of hydrogen-bond acceptors (Lipinski definition) is 2. The van der Waals surface area contributed by atoms with Crippen molar-refractivity contribution in [2.24, 2.45) is 0 Å². The van der Waals surface area contributed by atoms with Gasteiger partial charge in [-0.15, -0.1) is 0 Å². The van der Waals surface area contributed by atoms with Gasteiger partial charge in [0, 0.05) is 11.9 Å². The fourth-order valence-corrected chi connectivity index (χ4v) is 1.58. The lowest BCUT2D eigenvalue weighted by atomic mass is 10.2. The first-order valence-electron chi connectivity index (χ1n) is 5.33. The third kappa shape index (κ3) is 5.75. The highest BCUT2D eigenvalue weighted by Crippen LogP contribution is 2.00. The van der Waals surface area contributed by atoms with Crippen LogP contribution in [-0.2, 0) is 11.3 Å². The van der Waals surface area contributed by atoms with Crippen LogP contribution in [0, 0.1) is 0 Å². The SMILES string of the molecule is O=C(NCCCCBr)OCc1ccccc1. The second-order valence-corrected chi connectivity index (χ2v) is 4.18. The molecule has 16 heavy (non-hydrogen) atoms. The third-order valence-corrected chi connectivity index (χ3v) is 2.60. The van der Waals surface area contributed by atoms with Crippen molar-refractivity contribution < 1.29 is 9.53 Å². The van der Waals surface area contributed by atoms with Crippen molar-refractivity contribution in [3.63, 3.8) is 0 Å². The molecule has 0 heterocycles. The standard InChI is InChI=1S/C12H16BrNO2/c13-8-4-5-9-14-12(15)16-10-11-6-2-1-3-7-11/h1-3,6-7H,4-5,8-10H2,(H,14,15). The van der Waals surface area contributed by atoms with E-state index in [9.17, 15) is 4.79 Å². The number of benzene rings is 1. The van der Waals surface area contributed by atoms with Gasteiger partial charge in [-0.25, -0.2) is 4.79 Å². The van der Waals surface area contributed by atoms with Gasteiger partial charge < -0.3 is 10.1 Å². The van der Waals surface area contributed by atoms with E-state index in [1.54, 1.807) is 0 Å². The molecule has 1 N–H and O–H groups in total. The molecule has 0 aliphatic heterocycles. The Balaban J connectivity index is 2.11. The molecule has 1 rings (SSSR count). The Hall–Kier alpha value is -1.03. The van der Waals surface area contributed by atoms with Crippen molar-refractivity contribution in [1.29, 1.82) is 0 Å². The molecule has 1 aromatic rings. The molecule has 3 nitrogen and oxygen atoms in total. The fourth-order valence-electron chi connectivity index (χ4n) is 1.18. The van der Waals surface area contributed by atoms with E-state index in [2.05, 4.69) is 21.2 Å². The van der Waals surface area contributed by atoms with Gasteiger partial charge in [-0.3, -0.25) is 0 Å². The molecule has 0 atom stereocenters. The Morgan fingerprint density at radius 2 is 2.00 bits per heavy atom. The number of unbranched alkanes of at least 4 members (excludes halogenated alkanes) is 1. The van der Waals surface area contributed by atoms with Crippen LogP contribution in [-0.4, -0.2) is 18.0 Å². The second kappa shape index (κ2) is 8.16. The molecule has 1 amide bonds. The molecular weight excluding hydrogens is 270 g/mol. The zero-order valence-corrected chi connectivity index (χ0v) is 10.7. The molecule has 0 spiro atoms. The molecule has 0 unspecified atom stereocenters. The van der Waals surface area contributed by atoms with Crippen molar-refractivity contribution in [3.05, 3.63) is 35.9 Å². The predicted octanol–water partition coefficient (Wildman–Crippen LogP) is 3.09. The minimum atomic E-state index is -0.349. The molecule has 0 saturated carbocycles. The summed E-state index contributed by atoms with van der Waals surface area (Å²) in [6.07, 6.45) is 1.67. The molecule has 0 bridgehead atoms. The summed E-state index contributed by atoms with van der Waals surface area (Å²) >= 11 is 3.33. The summed E-state index contributed by atoms with van der Waals surface area (Å²) in [5.74, 6) is 0. The molecule has 0 aromatic heterocycles. The topological polar surface area (TPSA) is 38.3 Å². The van der Waals surface area contributed by atoms with Crippen molar-refractivity contribution in [2.45, 2.75) is 19.4 Å². The number of ether oxygens (including phenoxy) is 1. The lowest BCUT2D eigenvalue weighted by Crippen LogP contribution is -2.25. The van der Waals surface area contributed by atoms with Gasteiger partial charge in [0.2, 0.25) is 0 Å². The molecule has 88 valence electrons. The van der Waals surface area contributed by atoms with Gasteiger partial charge in [-0.2, -0.15) is 0 Å². The first-order chi connectivity index (χ1) is 7.83. The molecule has 0 aliphatic rings. The van der Waals surface area contributed by atoms with E-state index in [0.29, 0.717) is 13.2 Å². The number of nitrogens with one attached hydrogen (secondary N) is 1. The van der Waals surface area contributed by atoms with E-state index >= 15 is 0 Å². The molecule has 4 heteroatoms. The second-order valence-electron chi connectivity index (χ2n) is 3.38. The van der Waals surface area contributed by atoms with Crippen LogP contribution in [0.5, 0.6) is 0 Å². The van der Waals surface area contributed by atoms with Crippen LogP contribution < -0.4 is 5.32 Å². The summed E-state index contributed by atoms with van der Waals surface area (Å²) in [7, 11) is 0. The van der Waals surface area contributed by atoms with E-state index in [-0.39, 0.29) is 6.09 Å². The quantitative estimate of drug-likeness (QED) is 0.644. The third-order valence-electron chi connectivity index (χ3n) is 2.04. The number of hydrogen-bond donors (Lipinski definition) is 1. The number of carbonyl (C=O) groups excluding carboxylic acids is 1. The van der Waals surface area contributed by atoms with Gasteiger partial charge in [-0.05, 0) is 18.4 Å². The first kappa shape index (κ1) is 13.0. The number of alkyl carbamates (subject to hydrolysis) is 1. The summed E-state index contributed by atoms with van der Waals surface area (Å²) in [6, 6.07) is 9.64. The van der Waals surface area contributed by atoms with Gasteiger partial charge in [0.25, 0.3) is 0 Å². The molecule has 0 radical (unpaired) electrons. The van der Waals surface area contributed by atoms with Crippen molar-refractivity contribution in [3.8, 4) is 0 Å². The van der Waals surface area contributed by atoms with Crippen LogP contribution in [0.1, 0.15) is 18.4 Å². The Labute approximate surface area is 104 Å². The highest BCUT2D eigenvalue weighted by Gasteiger charge is 2.00. The number of carbonyl (C=O) groups is 1. The lowest BCUT2D eigenvalue weighted by molar-refractivity contribution is 0.139. The molecule has 1 aromatic carbocycles. The van der Waals surface area contributed by atoms with Gasteiger partial charge >= 0.3 is 6.09 Å². The Kier molecular flexibility index (Phi) is 6.65. The maximum Gasteiger partial charge on any atom is 0.407 e. The van der Waals surface area contributed by atoms with E-state index in [0.717, 1.165) is 23.7 Å². The summed E-state index contributed by atoms with van der Waals surface area (Å²) in [5.41, 5.74) is 0.998. The predicted molar refractivity (Wildman–Crippen MR) is 67.7 cm³/mol. The Morgan fingerprint density at radius 1 is 1.25 bits per heavy atom. The Bertz CT molecular complexity index is 303. The average molecular weight is 286 g/mol. The van der Waals surface area contributed by atoms with E-state index in [1.807, 2.05) is 30.3 Å². The van der Waals surface area contributed by atoms with Crippen molar-refractivity contribution in [1.82, 2.24) is 5.32 Å². The van der Waals surface area contributed by atoms with E-state index in [1.165, 1.54) is 0 Å². The summed E-state index contributed by atoms with van der Waals surface area (Å²) in [4.78, 5) is 11.2.